The predicted molar refractivity (Wildman–Crippen MR) is 118 cm³/mol. The fourth-order valence-corrected chi connectivity index (χ4v) is 3.49. The number of carbonyl (C=O) groups is 2. The van der Waals surface area contributed by atoms with Crippen molar-refractivity contribution in [1.29, 1.82) is 0 Å². The summed E-state index contributed by atoms with van der Waals surface area (Å²) >= 11 is 0. The molecule has 0 aliphatic carbocycles. The molecule has 1 aromatic carbocycles. The monoisotopic (exact) mass is 419 g/mol. The Kier molecular flexibility index (Phi) is 6.28. The van der Waals surface area contributed by atoms with Gasteiger partial charge in [-0.05, 0) is 43.4 Å². The van der Waals surface area contributed by atoms with Crippen LogP contribution in [0.4, 0.5) is 11.5 Å². The minimum absolute atomic E-state index is 0.211. The zero-order valence-corrected chi connectivity index (χ0v) is 17.4. The van der Waals surface area contributed by atoms with Gasteiger partial charge in [0.1, 0.15) is 5.82 Å². The number of amides is 2. The summed E-state index contributed by atoms with van der Waals surface area (Å²) in [5.74, 6) is 0.537. The lowest BCUT2D eigenvalue weighted by Gasteiger charge is -2.34. The number of likely N-dealkylation sites (N-methyl/N-ethyl adjacent to an activating group) is 1. The molecule has 2 amide bonds. The zero-order chi connectivity index (χ0) is 21.6. The molecule has 1 saturated heterocycles. The number of benzene rings is 1. The summed E-state index contributed by atoms with van der Waals surface area (Å²) < 4.78 is 5.10. The van der Waals surface area contributed by atoms with Crippen molar-refractivity contribution in [3.63, 3.8) is 0 Å². The van der Waals surface area contributed by atoms with Gasteiger partial charge in [0.2, 0.25) is 0 Å². The van der Waals surface area contributed by atoms with Crippen LogP contribution in [0.1, 0.15) is 26.5 Å². The van der Waals surface area contributed by atoms with Gasteiger partial charge in [-0.3, -0.25) is 9.59 Å². The molecule has 0 radical (unpaired) electrons. The Hall–Kier alpha value is -3.65. The topological polar surface area (TPSA) is 90.7 Å². The Bertz CT molecular complexity index is 1040. The number of aromatic nitrogens is 1. The normalized spacial score (nSPS) is 14.3. The second-order valence-electron chi connectivity index (χ2n) is 7.47. The summed E-state index contributed by atoms with van der Waals surface area (Å²) in [6.45, 7) is 4.16. The molecule has 1 aliphatic heterocycles. The minimum Gasteiger partial charge on any atom is -0.459 e. The molecule has 0 unspecified atom stereocenters. The molecule has 2 N–H and O–H groups in total. The Morgan fingerprint density at radius 1 is 1.03 bits per heavy atom. The number of piperazine rings is 1. The number of rotatable bonds is 6. The van der Waals surface area contributed by atoms with Crippen LogP contribution in [0.5, 0.6) is 0 Å². The number of pyridine rings is 1. The summed E-state index contributed by atoms with van der Waals surface area (Å²) in [6.07, 6.45) is 3.22. The summed E-state index contributed by atoms with van der Waals surface area (Å²) in [5.41, 5.74) is 1.96. The number of furan rings is 1. The summed E-state index contributed by atoms with van der Waals surface area (Å²) in [7, 11) is 2.11. The van der Waals surface area contributed by atoms with Crippen LogP contribution in [0.3, 0.4) is 0 Å². The van der Waals surface area contributed by atoms with Gasteiger partial charge >= 0.3 is 0 Å². The standard InChI is InChI=1S/C23H25N5O3/c1-27-10-12-28(13-11-27)21-18(6-3-9-24-21)16-25-22(29)17-5-2-7-19(15-17)26-23(30)20-8-4-14-31-20/h2-9,14-15H,10-13,16H2,1H3,(H,25,29)(H,26,30). The molecular weight excluding hydrogens is 394 g/mol. The van der Waals surface area contributed by atoms with Gasteiger partial charge in [-0.25, -0.2) is 4.98 Å². The third-order valence-electron chi connectivity index (χ3n) is 5.24. The minimum atomic E-state index is -0.366. The molecule has 8 heteroatoms. The van der Waals surface area contributed by atoms with E-state index in [9.17, 15) is 9.59 Å². The van der Waals surface area contributed by atoms with Gasteiger partial charge in [-0.2, -0.15) is 0 Å². The number of nitrogens with one attached hydrogen (secondary N) is 2. The number of nitrogens with zero attached hydrogens (tertiary/aromatic N) is 3. The average molecular weight is 419 g/mol. The molecule has 3 aromatic rings. The maximum atomic E-state index is 12.7. The van der Waals surface area contributed by atoms with Crippen molar-refractivity contribution < 1.29 is 14.0 Å². The quantitative estimate of drug-likeness (QED) is 0.638. The van der Waals surface area contributed by atoms with E-state index in [1.807, 2.05) is 12.1 Å². The third-order valence-corrected chi connectivity index (χ3v) is 5.24. The van der Waals surface area contributed by atoms with Gasteiger partial charge in [0.25, 0.3) is 11.8 Å². The van der Waals surface area contributed by atoms with Crippen molar-refractivity contribution in [1.82, 2.24) is 15.2 Å². The largest absolute Gasteiger partial charge is 0.459 e. The van der Waals surface area contributed by atoms with Crippen LogP contribution in [0.2, 0.25) is 0 Å². The molecule has 160 valence electrons. The van der Waals surface area contributed by atoms with Gasteiger partial charge in [-0.15, -0.1) is 0 Å². The zero-order valence-electron chi connectivity index (χ0n) is 17.4. The van der Waals surface area contributed by atoms with E-state index in [2.05, 4.69) is 32.5 Å². The second kappa shape index (κ2) is 9.44. The maximum absolute atomic E-state index is 12.7. The van der Waals surface area contributed by atoms with Crippen LogP contribution in [-0.4, -0.2) is 54.9 Å². The first-order valence-corrected chi connectivity index (χ1v) is 10.2. The highest BCUT2D eigenvalue weighted by atomic mass is 16.3. The molecule has 0 bridgehead atoms. The highest BCUT2D eigenvalue weighted by Crippen LogP contribution is 2.19. The highest BCUT2D eigenvalue weighted by Gasteiger charge is 2.18. The summed E-state index contributed by atoms with van der Waals surface area (Å²) in [4.78, 5) is 34.0. The van der Waals surface area contributed by atoms with E-state index in [1.165, 1.54) is 6.26 Å². The molecule has 3 heterocycles. The van der Waals surface area contributed by atoms with Gasteiger partial charge in [0.05, 0.1) is 6.26 Å². The molecule has 4 rings (SSSR count). The van der Waals surface area contributed by atoms with Gasteiger partial charge < -0.3 is 24.9 Å². The van der Waals surface area contributed by atoms with Crippen LogP contribution in [0, 0.1) is 0 Å². The van der Waals surface area contributed by atoms with Crippen LogP contribution in [0.25, 0.3) is 0 Å². The molecule has 0 spiro atoms. The van der Waals surface area contributed by atoms with E-state index >= 15 is 0 Å². The molecule has 1 fully saturated rings. The first-order valence-electron chi connectivity index (χ1n) is 10.2. The molecule has 1 aliphatic rings. The number of carbonyl (C=O) groups excluding carboxylic acids is 2. The van der Waals surface area contributed by atoms with Crippen LogP contribution in [-0.2, 0) is 6.54 Å². The van der Waals surface area contributed by atoms with E-state index in [1.54, 1.807) is 42.6 Å². The Balaban J connectivity index is 1.40. The SMILES string of the molecule is CN1CCN(c2ncccc2CNC(=O)c2cccc(NC(=O)c3ccco3)c2)CC1. The maximum Gasteiger partial charge on any atom is 0.291 e. The average Bonchev–Trinajstić information content (AvgIpc) is 3.34. The number of hydrogen-bond acceptors (Lipinski definition) is 6. The van der Waals surface area contributed by atoms with E-state index < -0.39 is 0 Å². The summed E-state index contributed by atoms with van der Waals surface area (Å²) in [6, 6.07) is 13.9. The van der Waals surface area contributed by atoms with Gasteiger partial charge in [-0.1, -0.05) is 12.1 Å². The van der Waals surface area contributed by atoms with Crippen molar-refractivity contribution in [3.05, 3.63) is 77.9 Å². The van der Waals surface area contributed by atoms with Crippen molar-refractivity contribution in [2.24, 2.45) is 0 Å². The van der Waals surface area contributed by atoms with Gasteiger partial charge in [0.15, 0.2) is 5.76 Å². The lowest BCUT2D eigenvalue weighted by atomic mass is 10.1. The van der Waals surface area contributed by atoms with Crippen LogP contribution >= 0.6 is 0 Å². The predicted octanol–water partition coefficient (Wildman–Crippen LogP) is 2.61. The lowest BCUT2D eigenvalue weighted by molar-refractivity contribution is 0.0949. The second-order valence-corrected chi connectivity index (χ2v) is 7.47. The van der Waals surface area contributed by atoms with E-state index in [-0.39, 0.29) is 17.6 Å². The lowest BCUT2D eigenvalue weighted by Crippen LogP contribution is -2.45. The van der Waals surface area contributed by atoms with E-state index in [0.717, 1.165) is 37.6 Å². The molecular formula is C23H25N5O3. The fraction of sp³-hybridized carbons (Fsp3) is 0.261. The van der Waals surface area contributed by atoms with Crippen LogP contribution in [0.15, 0.2) is 65.4 Å². The van der Waals surface area contributed by atoms with Crippen molar-refractivity contribution in [2.75, 3.05) is 43.4 Å². The molecule has 0 atom stereocenters. The first-order chi connectivity index (χ1) is 15.1. The fourth-order valence-electron chi connectivity index (χ4n) is 3.49. The van der Waals surface area contributed by atoms with Crippen molar-refractivity contribution in [2.45, 2.75) is 6.54 Å². The smallest absolute Gasteiger partial charge is 0.291 e. The third kappa shape index (κ3) is 5.10. The highest BCUT2D eigenvalue weighted by molar-refractivity contribution is 6.03. The number of hydrogen-bond donors (Lipinski definition) is 2. The Morgan fingerprint density at radius 2 is 1.87 bits per heavy atom. The van der Waals surface area contributed by atoms with Crippen molar-refractivity contribution in [3.8, 4) is 0 Å². The molecule has 8 nitrogen and oxygen atoms in total. The molecule has 2 aromatic heterocycles. The molecule has 31 heavy (non-hydrogen) atoms. The van der Waals surface area contributed by atoms with E-state index in [4.69, 9.17) is 4.42 Å². The first kappa shape index (κ1) is 20.6. The Morgan fingerprint density at radius 3 is 2.65 bits per heavy atom. The van der Waals surface area contributed by atoms with Crippen molar-refractivity contribution >= 4 is 23.3 Å². The van der Waals surface area contributed by atoms with Crippen LogP contribution < -0.4 is 15.5 Å². The summed E-state index contributed by atoms with van der Waals surface area (Å²) in [5, 5.41) is 5.70. The number of anilines is 2. The Labute approximate surface area is 180 Å². The van der Waals surface area contributed by atoms with E-state index in [0.29, 0.717) is 17.8 Å². The van der Waals surface area contributed by atoms with Gasteiger partial charge in [0, 0.05) is 55.7 Å². The molecule has 0 saturated carbocycles.